The van der Waals surface area contributed by atoms with E-state index in [2.05, 4.69) is 20.8 Å². The molecule has 2 aromatic rings. The van der Waals surface area contributed by atoms with E-state index in [0.717, 1.165) is 24.8 Å². The standard InChI is InChI=1S/C19H24N4O3/c1-13-20-17(26-23-13)14-5-7-15(8-6-14)21-18(24)22-16-11-19(25-12-16)9-3-2-4-10-19/h5-8,16H,2-4,9-12H2,1H3,(H2,21,22,24)/t16-/m0/s1. The minimum absolute atomic E-state index is 0.0000519. The zero-order valence-corrected chi connectivity index (χ0v) is 15.0. The van der Waals surface area contributed by atoms with Gasteiger partial charge < -0.3 is 19.9 Å². The van der Waals surface area contributed by atoms with E-state index in [0.29, 0.717) is 24.0 Å². The molecule has 1 spiro atoms. The lowest BCUT2D eigenvalue weighted by Crippen LogP contribution is -2.39. The number of benzene rings is 1. The molecule has 1 aliphatic carbocycles. The Morgan fingerprint density at radius 3 is 2.65 bits per heavy atom. The number of aryl methyl sites for hydroxylation is 1. The highest BCUT2D eigenvalue weighted by molar-refractivity contribution is 5.89. The Bertz CT molecular complexity index is 765. The average Bonchev–Trinajstić information content (AvgIpc) is 3.23. The van der Waals surface area contributed by atoms with E-state index in [1.807, 2.05) is 24.3 Å². The number of aromatic nitrogens is 2. The molecule has 0 radical (unpaired) electrons. The highest BCUT2D eigenvalue weighted by Crippen LogP contribution is 2.39. The molecule has 7 heteroatoms. The van der Waals surface area contributed by atoms with Crippen LogP contribution in [0.2, 0.25) is 0 Å². The number of hydrogen-bond donors (Lipinski definition) is 2. The molecule has 4 rings (SSSR count). The Kier molecular flexibility index (Phi) is 4.63. The number of anilines is 1. The summed E-state index contributed by atoms with van der Waals surface area (Å²) in [4.78, 5) is 16.5. The lowest BCUT2D eigenvalue weighted by Gasteiger charge is -2.32. The van der Waals surface area contributed by atoms with Gasteiger partial charge in [-0.2, -0.15) is 4.98 Å². The minimum atomic E-state index is -0.201. The van der Waals surface area contributed by atoms with Crippen molar-refractivity contribution in [3.63, 3.8) is 0 Å². The zero-order valence-electron chi connectivity index (χ0n) is 15.0. The first-order valence-electron chi connectivity index (χ1n) is 9.24. The Balaban J connectivity index is 1.31. The molecule has 1 atom stereocenters. The van der Waals surface area contributed by atoms with Crippen molar-refractivity contribution in [2.75, 3.05) is 11.9 Å². The summed E-state index contributed by atoms with van der Waals surface area (Å²) in [6, 6.07) is 7.21. The molecule has 1 aromatic carbocycles. The number of nitrogens with zero attached hydrogens (tertiary/aromatic N) is 2. The van der Waals surface area contributed by atoms with Gasteiger partial charge in [0.15, 0.2) is 5.82 Å². The van der Waals surface area contributed by atoms with E-state index < -0.39 is 0 Å². The normalized spacial score (nSPS) is 21.7. The van der Waals surface area contributed by atoms with E-state index >= 15 is 0 Å². The fourth-order valence-corrected chi connectivity index (χ4v) is 3.94. The molecule has 2 amide bonds. The highest BCUT2D eigenvalue weighted by atomic mass is 16.5. The molecule has 2 aliphatic rings. The van der Waals surface area contributed by atoms with Gasteiger partial charge in [0.2, 0.25) is 0 Å². The Morgan fingerprint density at radius 2 is 1.96 bits per heavy atom. The second-order valence-corrected chi connectivity index (χ2v) is 7.28. The van der Waals surface area contributed by atoms with Gasteiger partial charge in [-0.25, -0.2) is 4.79 Å². The van der Waals surface area contributed by atoms with Crippen molar-refractivity contribution in [1.29, 1.82) is 0 Å². The highest BCUT2D eigenvalue weighted by Gasteiger charge is 2.41. The summed E-state index contributed by atoms with van der Waals surface area (Å²) in [5.74, 6) is 1.07. The topological polar surface area (TPSA) is 89.3 Å². The third-order valence-corrected chi connectivity index (χ3v) is 5.23. The maximum absolute atomic E-state index is 12.3. The molecule has 2 N–H and O–H groups in total. The van der Waals surface area contributed by atoms with Crippen molar-refractivity contribution in [1.82, 2.24) is 15.5 Å². The van der Waals surface area contributed by atoms with Crippen LogP contribution in [0.5, 0.6) is 0 Å². The molecular formula is C19H24N4O3. The summed E-state index contributed by atoms with van der Waals surface area (Å²) in [7, 11) is 0. The molecule has 138 valence electrons. The zero-order chi connectivity index (χ0) is 18.0. The van der Waals surface area contributed by atoms with Crippen molar-refractivity contribution >= 4 is 11.7 Å². The molecule has 7 nitrogen and oxygen atoms in total. The summed E-state index contributed by atoms with van der Waals surface area (Å²) in [6.45, 7) is 2.38. The number of carbonyl (C=O) groups excluding carboxylic acids is 1. The largest absolute Gasteiger partial charge is 0.373 e. The van der Waals surface area contributed by atoms with Crippen molar-refractivity contribution in [2.24, 2.45) is 0 Å². The second-order valence-electron chi connectivity index (χ2n) is 7.28. The first-order chi connectivity index (χ1) is 12.6. The van der Waals surface area contributed by atoms with Crippen LogP contribution in [0.1, 0.15) is 44.3 Å². The smallest absolute Gasteiger partial charge is 0.319 e. The van der Waals surface area contributed by atoms with Gasteiger partial charge in [0.25, 0.3) is 5.89 Å². The van der Waals surface area contributed by atoms with Gasteiger partial charge in [-0.3, -0.25) is 0 Å². The van der Waals surface area contributed by atoms with Gasteiger partial charge >= 0.3 is 6.03 Å². The molecule has 1 saturated heterocycles. The predicted molar refractivity (Wildman–Crippen MR) is 96.8 cm³/mol. The fourth-order valence-electron chi connectivity index (χ4n) is 3.94. The number of nitrogens with one attached hydrogen (secondary N) is 2. The van der Waals surface area contributed by atoms with Gasteiger partial charge in [0.05, 0.1) is 18.2 Å². The maximum Gasteiger partial charge on any atom is 0.319 e. The molecule has 2 fully saturated rings. The molecule has 1 saturated carbocycles. The van der Waals surface area contributed by atoms with E-state index in [1.54, 1.807) is 6.92 Å². The van der Waals surface area contributed by atoms with Gasteiger partial charge in [0.1, 0.15) is 0 Å². The molecule has 1 aliphatic heterocycles. The van der Waals surface area contributed by atoms with Crippen LogP contribution < -0.4 is 10.6 Å². The molecular weight excluding hydrogens is 332 g/mol. The number of carbonyl (C=O) groups is 1. The number of amides is 2. The van der Waals surface area contributed by atoms with Crippen LogP contribution in [0.25, 0.3) is 11.5 Å². The van der Waals surface area contributed by atoms with Crippen LogP contribution in [0, 0.1) is 6.92 Å². The third kappa shape index (κ3) is 3.72. The molecule has 26 heavy (non-hydrogen) atoms. The van der Waals surface area contributed by atoms with Gasteiger partial charge in [-0.05, 0) is 50.5 Å². The Morgan fingerprint density at radius 1 is 1.19 bits per heavy atom. The number of hydrogen-bond acceptors (Lipinski definition) is 5. The lowest BCUT2D eigenvalue weighted by molar-refractivity contribution is -0.0245. The lowest BCUT2D eigenvalue weighted by atomic mass is 9.82. The first kappa shape index (κ1) is 17.0. The van der Waals surface area contributed by atoms with Crippen LogP contribution in [-0.4, -0.2) is 34.4 Å². The molecule has 1 aromatic heterocycles. The number of ether oxygens (including phenoxy) is 1. The maximum atomic E-state index is 12.3. The first-order valence-corrected chi connectivity index (χ1v) is 9.24. The van der Waals surface area contributed by atoms with E-state index in [4.69, 9.17) is 9.26 Å². The minimum Gasteiger partial charge on any atom is -0.373 e. The SMILES string of the molecule is Cc1noc(-c2ccc(NC(=O)N[C@@H]3COC4(CCCCC4)C3)cc2)n1. The summed E-state index contributed by atoms with van der Waals surface area (Å²) < 4.78 is 11.2. The molecule has 0 bridgehead atoms. The van der Waals surface area contributed by atoms with Gasteiger partial charge in [-0.1, -0.05) is 24.4 Å². The van der Waals surface area contributed by atoms with E-state index in [9.17, 15) is 4.79 Å². The van der Waals surface area contributed by atoms with Crippen LogP contribution in [-0.2, 0) is 4.74 Å². The van der Waals surface area contributed by atoms with E-state index in [1.165, 1.54) is 19.3 Å². The van der Waals surface area contributed by atoms with Gasteiger partial charge in [-0.15, -0.1) is 0 Å². The van der Waals surface area contributed by atoms with Crippen molar-refractivity contribution in [2.45, 2.75) is 57.1 Å². The van der Waals surface area contributed by atoms with Gasteiger partial charge in [0, 0.05) is 11.3 Å². The number of urea groups is 1. The van der Waals surface area contributed by atoms with Crippen molar-refractivity contribution in [3.8, 4) is 11.5 Å². The van der Waals surface area contributed by atoms with Crippen LogP contribution in [0.3, 0.4) is 0 Å². The van der Waals surface area contributed by atoms with Crippen molar-refractivity contribution in [3.05, 3.63) is 30.1 Å². The Labute approximate surface area is 152 Å². The second kappa shape index (κ2) is 7.07. The van der Waals surface area contributed by atoms with E-state index in [-0.39, 0.29) is 17.7 Å². The summed E-state index contributed by atoms with van der Waals surface area (Å²) in [6.07, 6.45) is 6.89. The number of rotatable bonds is 3. The third-order valence-electron chi connectivity index (χ3n) is 5.23. The predicted octanol–water partition coefficient (Wildman–Crippen LogP) is 3.66. The average molecular weight is 356 g/mol. The van der Waals surface area contributed by atoms with Crippen LogP contribution >= 0.6 is 0 Å². The van der Waals surface area contributed by atoms with Crippen molar-refractivity contribution < 1.29 is 14.1 Å². The summed E-state index contributed by atoms with van der Waals surface area (Å²) >= 11 is 0. The monoisotopic (exact) mass is 356 g/mol. The summed E-state index contributed by atoms with van der Waals surface area (Å²) in [5, 5.41) is 9.68. The van der Waals surface area contributed by atoms with Crippen LogP contribution in [0.15, 0.2) is 28.8 Å². The summed E-state index contributed by atoms with van der Waals surface area (Å²) in [5.41, 5.74) is 1.54. The molecule has 2 heterocycles. The molecule has 0 unspecified atom stereocenters. The van der Waals surface area contributed by atoms with Crippen LogP contribution in [0.4, 0.5) is 10.5 Å². The quantitative estimate of drug-likeness (QED) is 0.876. The fraction of sp³-hybridized carbons (Fsp3) is 0.526. The Hall–Kier alpha value is -2.41.